The Morgan fingerprint density at radius 2 is 2.15 bits per heavy atom. The number of aromatic nitrogens is 2. The molecule has 0 saturated carbocycles. The van der Waals surface area contributed by atoms with Crippen molar-refractivity contribution in [1.82, 2.24) is 20.6 Å². The second kappa shape index (κ2) is 10.1. The van der Waals surface area contributed by atoms with E-state index in [1.54, 1.807) is 13.2 Å². The zero-order valence-electron chi connectivity index (χ0n) is 15.1. The molecule has 0 unspecified atom stereocenters. The molecule has 0 atom stereocenters. The summed E-state index contributed by atoms with van der Waals surface area (Å²) in [5.41, 5.74) is 0.0461. The molecule has 0 fully saturated rings. The van der Waals surface area contributed by atoms with Crippen LogP contribution in [0.4, 0.5) is 13.2 Å². The lowest BCUT2D eigenvalue weighted by atomic mass is 10.2. The number of pyridine rings is 1. The molecule has 0 aliphatic carbocycles. The van der Waals surface area contributed by atoms with Gasteiger partial charge in [0.25, 0.3) is 0 Å². The quantitative estimate of drug-likeness (QED) is 0.525. The highest BCUT2D eigenvalue weighted by atomic mass is 32.1. The molecule has 0 spiro atoms. The summed E-state index contributed by atoms with van der Waals surface area (Å²) in [4.78, 5) is 11.9. The standard InChI is InChI=1S/C17H22F3N5OS/c1-3-9-26-15-12(5-4-7-22-15)10-24-16(21-2)23-8-6-14-25-13(11-27-14)17(18,19)20/h4-5,7,11H,3,6,8-10H2,1-2H3,(H2,21,23,24). The van der Waals surface area contributed by atoms with Gasteiger partial charge in [-0.15, -0.1) is 11.3 Å². The van der Waals surface area contributed by atoms with Crippen LogP contribution in [0.5, 0.6) is 5.88 Å². The van der Waals surface area contributed by atoms with Crippen LogP contribution in [-0.4, -0.2) is 36.1 Å². The molecule has 2 heterocycles. The van der Waals surface area contributed by atoms with Crippen molar-refractivity contribution in [3.05, 3.63) is 40.0 Å². The monoisotopic (exact) mass is 401 g/mol. The summed E-state index contributed by atoms with van der Waals surface area (Å²) in [5, 5.41) is 7.66. The molecule has 0 aromatic carbocycles. The van der Waals surface area contributed by atoms with E-state index >= 15 is 0 Å². The molecule has 0 aliphatic heterocycles. The van der Waals surface area contributed by atoms with E-state index in [4.69, 9.17) is 4.74 Å². The average molecular weight is 401 g/mol. The van der Waals surface area contributed by atoms with Crippen molar-refractivity contribution in [3.63, 3.8) is 0 Å². The normalized spacial score (nSPS) is 12.1. The number of halogens is 3. The summed E-state index contributed by atoms with van der Waals surface area (Å²) in [6.45, 7) is 3.48. The van der Waals surface area contributed by atoms with Gasteiger partial charge in [0.05, 0.1) is 11.6 Å². The van der Waals surface area contributed by atoms with Crippen LogP contribution in [0.25, 0.3) is 0 Å². The smallest absolute Gasteiger partial charge is 0.434 e. The zero-order chi connectivity index (χ0) is 19.7. The lowest BCUT2D eigenvalue weighted by Gasteiger charge is -2.13. The minimum Gasteiger partial charge on any atom is -0.477 e. The first-order valence-electron chi connectivity index (χ1n) is 8.46. The summed E-state index contributed by atoms with van der Waals surface area (Å²) in [6.07, 6.45) is -1.47. The minimum atomic E-state index is -4.40. The van der Waals surface area contributed by atoms with E-state index in [1.165, 1.54) is 0 Å². The fourth-order valence-electron chi connectivity index (χ4n) is 2.13. The molecule has 0 aliphatic rings. The molecule has 0 bridgehead atoms. The van der Waals surface area contributed by atoms with Gasteiger partial charge in [-0.3, -0.25) is 4.99 Å². The van der Waals surface area contributed by atoms with E-state index in [0.717, 1.165) is 28.7 Å². The lowest BCUT2D eigenvalue weighted by Crippen LogP contribution is -2.38. The number of nitrogens with one attached hydrogen (secondary N) is 2. The zero-order valence-corrected chi connectivity index (χ0v) is 16.0. The Labute approximate surface area is 159 Å². The number of hydrogen-bond acceptors (Lipinski definition) is 5. The van der Waals surface area contributed by atoms with Gasteiger partial charge < -0.3 is 15.4 Å². The Hall–Kier alpha value is -2.36. The van der Waals surface area contributed by atoms with Crippen LogP contribution in [0.2, 0.25) is 0 Å². The molecule has 27 heavy (non-hydrogen) atoms. The molecule has 6 nitrogen and oxygen atoms in total. The Bertz CT molecular complexity index is 748. The largest absolute Gasteiger partial charge is 0.477 e. The number of ether oxygens (including phenoxy) is 1. The van der Waals surface area contributed by atoms with Crippen LogP contribution in [-0.2, 0) is 19.1 Å². The van der Waals surface area contributed by atoms with E-state index in [2.05, 4.69) is 25.6 Å². The van der Waals surface area contributed by atoms with E-state index in [-0.39, 0.29) is 0 Å². The summed E-state index contributed by atoms with van der Waals surface area (Å²) in [5.74, 6) is 1.11. The first-order valence-corrected chi connectivity index (χ1v) is 9.34. The van der Waals surface area contributed by atoms with Crippen LogP contribution < -0.4 is 15.4 Å². The van der Waals surface area contributed by atoms with Crippen molar-refractivity contribution in [2.24, 2.45) is 4.99 Å². The van der Waals surface area contributed by atoms with Crippen molar-refractivity contribution in [2.75, 3.05) is 20.2 Å². The van der Waals surface area contributed by atoms with Crippen molar-refractivity contribution in [2.45, 2.75) is 32.5 Å². The van der Waals surface area contributed by atoms with Gasteiger partial charge in [-0.2, -0.15) is 13.2 Å². The van der Waals surface area contributed by atoms with Crippen LogP contribution in [0, 0.1) is 0 Å². The predicted octanol–water partition coefficient (Wildman–Crippen LogP) is 3.25. The number of alkyl halides is 3. The number of aliphatic imine (C=N–C) groups is 1. The van der Waals surface area contributed by atoms with E-state index in [1.807, 2.05) is 19.1 Å². The molecule has 0 amide bonds. The van der Waals surface area contributed by atoms with Gasteiger partial charge in [0, 0.05) is 43.7 Å². The molecule has 2 aromatic rings. The molecule has 148 valence electrons. The number of guanidine groups is 1. The summed E-state index contributed by atoms with van der Waals surface area (Å²) in [6, 6.07) is 3.74. The number of thiazole rings is 1. The SMILES string of the molecule is CCCOc1ncccc1CNC(=NC)NCCc1nc(C(F)(F)F)cs1. The third kappa shape index (κ3) is 6.70. The Kier molecular flexibility index (Phi) is 7.83. The predicted molar refractivity (Wildman–Crippen MR) is 99.0 cm³/mol. The topological polar surface area (TPSA) is 71.4 Å². The molecular formula is C17H22F3N5OS. The van der Waals surface area contributed by atoms with E-state index in [9.17, 15) is 13.2 Å². The molecule has 2 N–H and O–H groups in total. The fourth-order valence-corrected chi connectivity index (χ4v) is 2.94. The van der Waals surface area contributed by atoms with Gasteiger partial charge in [-0.05, 0) is 12.5 Å². The van der Waals surface area contributed by atoms with Crippen molar-refractivity contribution < 1.29 is 17.9 Å². The molecule has 0 radical (unpaired) electrons. The maximum absolute atomic E-state index is 12.6. The highest BCUT2D eigenvalue weighted by Gasteiger charge is 2.33. The summed E-state index contributed by atoms with van der Waals surface area (Å²) < 4.78 is 43.3. The molecule has 2 aromatic heterocycles. The molecule has 0 saturated heterocycles. The number of rotatable bonds is 8. The van der Waals surface area contributed by atoms with E-state index < -0.39 is 11.9 Å². The van der Waals surface area contributed by atoms with Crippen molar-refractivity contribution in [3.8, 4) is 5.88 Å². The second-order valence-corrected chi connectivity index (χ2v) is 6.49. The van der Waals surface area contributed by atoms with Crippen molar-refractivity contribution >= 4 is 17.3 Å². The van der Waals surface area contributed by atoms with E-state index in [0.29, 0.717) is 43.0 Å². The van der Waals surface area contributed by atoms with Gasteiger partial charge in [0.2, 0.25) is 5.88 Å². The molecule has 2 rings (SSSR count). The van der Waals surface area contributed by atoms with Gasteiger partial charge in [0.15, 0.2) is 11.7 Å². The average Bonchev–Trinajstić information content (AvgIpc) is 3.13. The summed E-state index contributed by atoms with van der Waals surface area (Å²) >= 11 is 0.999. The molecular weight excluding hydrogens is 379 g/mol. The highest BCUT2D eigenvalue weighted by Crippen LogP contribution is 2.30. The third-order valence-corrected chi connectivity index (χ3v) is 4.34. The fraction of sp³-hybridized carbons (Fsp3) is 0.471. The Morgan fingerprint density at radius 3 is 2.81 bits per heavy atom. The van der Waals surface area contributed by atoms with Crippen LogP contribution in [0.3, 0.4) is 0 Å². The molecule has 10 heteroatoms. The second-order valence-electron chi connectivity index (χ2n) is 5.54. The lowest BCUT2D eigenvalue weighted by molar-refractivity contribution is -0.140. The Morgan fingerprint density at radius 1 is 1.33 bits per heavy atom. The van der Waals surface area contributed by atoms with Gasteiger partial charge in [0.1, 0.15) is 0 Å². The number of nitrogens with zero attached hydrogens (tertiary/aromatic N) is 3. The van der Waals surface area contributed by atoms with Crippen molar-refractivity contribution in [1.29, 1.82) is 0 Å². The minimum absolute atomic E-state index is 0.374. The first kappa shape index (κ1) is 20.9. The number of hydrogen-bond donors (Lipinski definition) is 2. The maximum atomic E-state index is 12.6. The summed E-state index contributed by atoms with van der Waals surface area (Å²) in [7, 11) is 1.62. The highest BCUT2D eigenvalue weighted by molar-refractivity contribution is 7.09. The Balaban J connectivity index is 1.82. The van der Waals surface area contributed by atoms with Crippen LogP contribution in [0.15, 0.2) is 28.7 Å². The van der Waals surface area contributed by atoms with Crippen LogP contribution >= 0.6 is 11.3 Å². The van der Waals surface area contributed by atoms with Gasteiger partial charge in [-0.1, -0.05) is 13.0 Å². The van der Waals surface area contributed by atoms with Crippen LogP contribution in [0.1, 0.15) is 29.6 Å². The van der Waals surface area contributed by atoms with Gasteiger partial charge in [-0.25, -0.2) is 9.97 Å². The first-order chi connectivity index (χ1) is 12.9. The third-order valence-electron chi connectivity index (χ3n) is 3.44. The maximum Gasteiger partial charge on any atom is 0.434 e. The van der Waals surface area contributed by atoms with Gasteiger partial charge >= 0.3 is 6.18 Å².